The number of hydrogen-bond acceptors (Lipinski definition) is 6. The van der Waals surface area contributed by atoms with Gasteiger partial charge in [-0.05, 0) is 24.5 Å². The van der Waals surface area contributed by atoms with Crippen molar-refractivity contribution in [2.45, 2.75) is 25.9 Å². The predicted molar refractivity (Wildman–Crippen MR) is 109 cm³/mol. The maximum atomic E-state index is 12.9. The van der Waals surface area contributed by atoms with Gasteiger partial charge in [0.2, 0.25) is 5.91 Å². The number of carbonyl (C=O) groups is 1. The fourth-order valence-electron chi connectivity index (χ4n) is 3.47. The van der Waals surface area contributed by atoms with Gasteiger partial charge < -0.3 is 5.32 Å². The number of nitrogens with zero attached hydrogens (tertiary/aromatic N) is 2. The van der Waals surface area contributed by atoms with E-state index in [1.165, 1.54) is 22.2 Å². The molecule has 1 aliphatic heterocycles. The highest BCUT2D eigenvalue weighted by Crippen LogP contribution is 2.35. The first-order valence-corrected chi connectivity index (χ1v) is 11.5. The fourth-order valence-corrected chi connectivity index (χ4v) is 6.29. The van der Waals surface area contributed by atoms with Gasteiger partial charge in [0.25, 0.3) is 5.56 Å². The molecule has 2 aromatic heterocycles. The molecule has 1 atom stereocenters. The predicted octanol–water partition coefficient (Wildman–Crippen LogP) is 1.74. The number of rotatable bonds is 4. The van der Waals surface area contributed by atoms with E-state index < -0.39 is 15.9 Å². The molecule has 7 nitrogen and oxygen atoms in total. The van der Waals surface area contributed by atoms with Crippen LogP contribution < -0.4 is 10.9 Å². The lowest BCUT2D eigenvalue weighted by molar-refractivity contribution is -0.122. The number of fused-ring (bicyclic) bond motifs is 1. The number of hydrogen-bond donors (Lipinski definition) is 1. The molecule has 1 aliphatic rings. The smallest absolute Gasteiger partial charge is 0.262 e. The molecule has 1 N–H and O–H groups in total. The molecule has 1 fully saturated rings. The summed E-state index contributed by atoms with van der Waals surface area (Å²) >= 11 is 1.45. The van der Waals surface area contributed by atoms with Crippen molar-refractivity contribution in [2.75, 3.05) is 11.5 Å². The molecule has 28 heavy (non-hydrogen) atoms. The lowest BCUT2D eigenvalue weighted by atomic mass is 10.1. The van der Waals surface area contributed by atoms with Crippen LogP contribution in [0.2, 0.25) is 0 Å². The van der Waals surface area contributed by atoms with Crippen molar-refractivity contribution < 1.29 is 13.2 Å². The minimum Gasteiger partial charge on any atom is -0.351 e. The van der Waals surface area contributed by atoms with Crippen LogP contribution in [0, 0.1) is 6.92 Å². The molecule has 1 aromatic carbocycles. The van der Waals surface area contributed by atoms with Crippen molar-refractivity contribution in [3.63, 3.8) is 0 Å². The Morgan fingerprint density at radius 1 is 1.32 bits per heavy atom. The molecule has 146 valence electrons. The summed E-state index contributed by atoms with van der Waals surface area (Å²) in [5.41, 5.74) is 1.60. The van der Waals surface area contributed by atoms with Crippen LogP contribution in [-0.2, 0) is 21.2 Å². The summed E-state index contributed by atoms with van der Waals surface area (Å²) in [6.07, 6.45) is 1.78. The van der Waals surface area contributed by atoms with Crippen LogP contribution in [0.5, 0.6) is 0 Å². The van der Waals surface area contributed by atoms with E-state index >= 15 is 0 Å². The molecule has 3 aromatic rings. The van der Waals surface area contributed by atoms with E-state index in [1.807, 2.05) is 37.3 Å². The number of sulfone groups is 1. The second kappa shape index (κ2) is 7.14. The molecule has 0 bridgehead atoms. The van der Waals surface area contributed by atoms with Gasteiger partial charge in [0.05, 0.1) is 23.2 Å². The number of benzene rings is 1. The van der Waals surface area contributed by atoms with Gasteiger partial charge in [-0.2, -0.15) is 0 Å². The zero-order chi connectivity index (χ0) is 19.9. The standard InChI is InChI=1S/C19H19N3O4S2/c1-12-16-18(27-17(12)13-5-3-2-4-6-13)20-11-22(19(16)24)9-15(23)21-14-7-8-28(25,26)10-14/h2-6,11,14H,7-10H2,1H3,(H,21,23)/t14-/m1/s1. The second-order valence-electron chi connectivity index (χ2n) is 6.95. The van der Waals surface area contributed by atoms with Crippen molar-refractivity contribution in [3.8, 4) is 10.4 Å². The van der Waals surface area contributed by atoms with Gasteiger partial charge in [-0.3, -0.25) is 14.2 Å². The zero-order valence-corrected chi connectivity index (χ0v) is 16.8. The molecule has 9 heteroatoms. The van der Waals surface area contributed by atoms with E-state index in [9.17, 15) is 18.0 Å². The molecule has 1 saturated heterocycles. The van der Waals surface area contributed by atoms with Crippen molar-refractivity contribution in [2.24, 2.45) is 0 Å². The summed E-state index contributed by atoms with van der Waals surface area (Å²) in [5, 5.41) is 3.22. The van der Waals surface area contributed by atoms with Gasteiger partial charge in [0, 0.05) is 10.9 Å². The number of aryl methyl sites for hydroxylation is 1. The van der Waals surface area contributed by atoms with E-state index in [0.29, 0.717) is 16.6 Å². The SMILES string of the molecule is Cc1c(-c2ccccc2)sc2ncn(CC(=O)N[C@@H]3CCS(=O)(=O)C3)c(=O)c12. The Bertz CT molecular complexity index is 1210. The lowest BCUT2D eigenvalue weighted by Gasteiger charge is -2.11. The number of carbonyl (C=O) groups excluding carboxylic acids is 1. The van der Waals surface area contributed by atoms with E-state index in [-0.39, 0.29) is 29.5 Å². The van der Waals surface area contributed by atoms with Gasteiger partial charge in [-0.25, -0.2) is 13.4 Å². The maximum Gasteiger partial charge on any atom is 0.262 e. The third-order valence-corrected chi connectivity index (χ3v) is 7.88. The van der Waals surface area contributed by atoms with Crippen LogP contribution >= 0.6 is 11.3 Å². The average molecular weight is 418 g/mol. The summed E-state index contributed by atoms with van der Waals surface area (Å²) in [4.78, 5) is 31.2. The van der Waals surface area contributed by atoms with Gasteiger partial charge >= 0.3 is 0 Å². The number of thiophene rings is 1. The lowest BCUT2D eigenvalue weighted by Crippen LogP contribution is -2.39. The largest absolute Gasteiger partial charge is 0.351 e. The second-order valence-corrected chi connectivity index (χ2v) is 10.2. The Hall–Kier alpha value is -2.52. The highest BCUT2D eigenvalue weighted by atomic mass is 32.2. The van der Waals surface area contributed by atoms with Crippen LogP contribution in [0.3, 0.4) is 0 Å². The van der Waals surface area contributed by atoms with E-state index in [4.69, 9.17) is 0 Å². The molecule has 1 amide bonds. The Balaban J connectivity index is 1.60. The number of nitrogens with one attached hydrogen (secondary N) is 1. The quantitative estimate of drug-likeness (QED) is 0.697. The molecule has 0 aliphatic carbocycles. The first-order chi connectivity index (χ1) is 13.3. The fraction of sp³-hybridized carbons (Fsp3) is 0.316. The minimum absolute atomic E-state index is 0.0466. The molecule has 0 saturated carbocycles. The summed E-state index contributed by atoms with van der Waals surface area (Å²) in [6.45, 7) is 1.70. The van der Waals surface area contributed by atoms with Crippen molar-refractivity contribution in [3.05, 3.63) is 52.6 Å². The van der Waals surface area contributed by atoms with Crippen LogP contribution in [0.1, 0.15) is 12.0 Å². The topological polar surface area (TPSA) is 98.1 Å². The molecule has 4 rings (SSSR count). The molecular formula is C19H19N3O4S2. The van der Waals surface area contributed by atoms with Crippen molar-refractivity contribution in [1.29, 1.82) is 0 Å². The third kappa shape index (κ3) is 3.59. The van der Waals surface area contributed by atoms with Crippen molar-refractivity contribution >= 4 is 37.3 Å². The number of amides is 1. The minimum atomic E-state index is -3.07. The molecule has 0 unspecified atom stereocenters. The Morgan fingerprint density at radius 3 is 2.75 bits per heavy atom. The Labute approximate surface area is 166 Å². The van der Waals surface area contributed by atoms with Crippen LogP contribution in [0.4, 0.5) is 0 Å². The highest BCUT2D eigenvalue weighted by Gasteiger charge is 2.29. The zero-order valence-electron chi connectivity index (χ0n) is 15.2. The summed E-state index contributed by atoms with van der Waals surface area (Å²) in [6, 6.07) is 9.40. The van der Waals surface area contributed by atoms with Crippen LogP contribution in [-0.4, -0.2) is 41.4 Å². The van der Waals surface area contributed by atoms with Gasteiger partial charge in [-0.1, -0.05) is 30.3 Å². The maximum absolute atomic E-state index is 12.9. The van der Waals surface area contributed by atoms with E-state index in [1.54, 1.807) is 0 Å². The third-order valence-electron chi connectivity index (χ3n) is 4.86. The summed E-state index contributed by atoms with van der Waals surface area (Å²) in [7, 11) is -3.07. The average Bonchev–Trinajstić information content (AvgIpc) is 3.17. The van der Waals surface area contributed by atoms with Gasteiger partial charge in [0.1, 0.15) is 11.4 Å². The monoisotopic (exact) mass is 417 g/mol. The normalized spacial score (nSPS) is 18.4. The molecular weight excluding hydrogens is 398 g/mol. The Morgan fingerprint density at radius 2 is 2.07 bits per heavy atom. The van der Waals surface area contributed by atoms with Crippen molar-refractivity contribution in [1.82, 2.24) is 14.9 Å². The van der Waals surface area contributed by atoms with E-state index in [0.717, 1.165) is 16.0 Å². The van der Waals surface area contributed by atoms with Crippen LogP contribution in [0.15, 0.2) is 41.5 Å². The van der Waals surface area contributed by atoms with Gasteiger partial charge in [0.15, 0.2) is 9.84 Å². The molecule has 0 radical (unpaired) electrons. The molecule has 3 heterocycles. The first kappa shape index (κ1) is 18.8. The van der Waals surface area contributed by atoms with E-state index in [2.05, 4.69) is 10.3 Å². The van der Waals surface area contributed by atoms with Crippen LogP contribution in [0.25, 0.3) is 20.7 Å². The molecule has 0 spiro atoms. The first-order valence-electron chi connectivity index (χ1n) is 8.88. The Kier molecular flexibility index (Phi) is 4.80. The number of aromatic nitrogens is 2. The summed E-state index contributed by atoms with van der Waals surface area (Å²) in [5.74, 6) is -0.349. The highest BCUT2D eigenvalue weighted by molar-refractivity contribution is 7.91. The van der Waals surface area contributed by atoms with Gasteiger partial charge in [-0.15, -0.1) is 11.3 Å². The summed E-state index contributed by atoms with van der Waals surface area (Å²) < 4.78 is 24.3.